The molecule has 0 aliphatic heterocycles. The molecule has 3 nitrogen and oxygen atoms in total. The van der Waals surface area contributed by atoms with Crippen LogP contribution in [-0.2, 0) is 19.4 Å². The largest absolute Gasteiger partial charge is 0.388 e. The summed E-state index contributed by atoms with van der Waals surface area (Å²) >= 11 is 9.76. The Hall–Kier alpha value is -0.840. The summed E-state index contributed by atoms with van der Waals surface area (Å²) in [6.07, 6.45) is 0.793. The van der Waals surface area contributed by atoms with E-state index in [1.807, 2.05) is 29.8 Å². The SMILES string of the molecule is CCc1nn(CC)c(CC(O)c2cccc(Cl)c2C)c1Br. The molecule has 5 heteroatoms. The van der Waals surface area contributed by atoms with Gasteiger partial charge in [-0.05, 0) is 53.4 Å². The molecule has 0 radical (unpaired) electrons. The van der Waals surface area contributed by atoms with Gasteiger partial charge in [0.05, 0.1) is 22.0 Å². The Labute approximate surface area is 139 Å². The van der Waals surface area contributed by atoms with Crippen molar-refractivity contribution in [3.05, 3.63) is 50.2 Å². The van der Waals surface area contributed by atoms with Gasteiger partial charge in [0.2, 0.25) is 0 Å². The van der Waals surface area contributed by atoms with E-state index in [1.54, 1.807) is 0 Å². The molecular weight excluding hydrogens is 352 g/mol. The van der Waals surface area contributed by atoms with Gasteiger partial charge >= 0.3 is 0 Å². The van der Waals surface area contributed by atoms with Crippen LogP contribution in [0, 0.1) is 6.92 Å². The molecule has 0 aliphatic carbocycles. The first kappa shape index (κ1) is 16.5. The molecule has 114 valence electrons. The predicted octanol–water partition coefficient (Wildman–Crippen LogP) is 4.47. The minimum atomic E-state index is -0.591. The zero-order valence-corrected chi connectivity index (χ0v) is 14.9. The third-order valence-corrected chi connectivity index (χ3v) is 5.07. The zero-order valence-electron chi connectivity index (χ0n) is 12.5. The molecule has 1 aromatic heterocycles. The molecule has 0 amide bonds. The van der Waals surface area contributed by atoms with Gasteiger partial charge in [0.25, 0.3) is 0 Å². The highest BCUT2D eigenvalue weighted by Crippen LogP contribution is 2.30. The first-order valence-electron chi connectivity index (χ1n) is 7.16. The van der Waals surface area contributed by atoms with Crippen LogP contribution in [0.1, 0.15) is 42.5 Å². The van der Waals surface area contributed by atoms with E-state index in [9.17, 15) is 5.11 Å². The smallest absolute Gasteiger partial charge is 0.0848 e. The fourth-order valence-corrected chi connectivity index (χ4v) is 3.40. The average molecular weight is 372 g/mol. The average Bonchev–Trinajstić information content (AvgIpc) is 2.78. The predicted molar refractivity (Wildman–Crippen MR) is 89.8 cm³/mol. The number of aryl methyl sites for hydroxylation is 2. The molecule has 0 spiro atoms. The van der Waals surface area contributed by atoms with E-state index in [0.717, 1.165) is 40.0 Å². The van der Waals surface area contributed by atoms with E-state index in [2.05, 4.69) is 34.9 Å². The summed E-state index contributed by atoms with van der Waals surface area (Å²) in [6.45, 7) is 6.85. The quantitative estimate of drug-likeness (QED) is 0.842. The maximum absolute atomic E-state index is 10.6. The number of benzene rings is 1. The van der Waals surface area contributed by atoms with E-state index >= 15 is 0 Å². The Bertz CT molecular complexity index is 639. The maximum atomic E-state index is 10.6. The molecule has 1 heterocycles. The lowest BCUT2D eigenvalue weighted by atomic mass is 10.00. The lowest BCUT2D eigenvalue weighted by Crippen LogP contribution is -2.10. The van der Waals surface area contributed by atoms with Crippen LogP contribution in [0.3, 0.4) is 0 Å². The van der Waals surface area contributed by atoms with Gasteiger partial charge in [-0.25, -0.2) is 0 Å². The summed E-state index contributed by atoms with van der Waals surface area (Å²) in [4.78, 5) is 0. The topological polar surface area (TPSA) is 38.0 Å². The number of aliphatic hydroxyl groups excluding tert-OH is 1. The molecule has 0 saturated carbocycles. The van der Waals surface area contributed by atoms with Crippen molar-refractivity contribution in [2.75, 3.05) is 0 Å². The van der Waals surface area contributed by atoms with Crippen LogP contribution in [0.15, 0.2) is 22.7 Å². The first-order valence-corrected chi connectivity index (χ1v) is 8.33. The van der Waals surface area contributed by atoms with E-state index < -0.39 is 6.10 Å². The second-order valence-corrected chi connectivity index (χ2v) is 6.25. The van der Waals surface area contributed by atoms with Crippen LogP contribution in [0.5, 0.6) is 0 Å². The molecule has 1 unspecified atom stereocenters. The third-order valence-electron chi connectivity index (χ3n) is 3.75. The van der Waals surface area contributed by atoms with Crippen LogP contribution >= 0.6 is 27.5 Å². The molecular formula is C16H20BrClN2O. The molecule has 1 atom stereocenters. The molecule has 1 N–H and O–H groups in total. The van der Waals surface area contributed by atoms with Crippen LogP contribution in [0.4, 0.5) is 0 Å². The van der Waals surface area contributed by atoms with Gasteiger partial charge in [-0.15, -0.1) is 0 Å². The fraction of sp³-hybridized carbons (Fsp3) is 0.438. The third kappa shape index (κ3) is 3.33. The number of aromatic nitrogens is 2. The van der Waals surface area contributed by atoms with Gasteiger partial charge in [-0.2, -0.15) is 5.10 Å². The molecule has 0 fully saturated rings. The second kappa shape index (κ2) is 6.95. The summed E-state index contributed by atoms with van der Waals surface area (Å²) in [6, 6.07) is 5.64. The minimum Gasteiger partial charge on any atom is -0.388 e. The van der Waals surface area contributed by atoms with E-state index in [0.29, 0.717) is 11.4 Å². The number of aliphatic hydroxyl groups is 1. The van der Waals surface area contributed by atoms with Crippen molar-refractivity contribution in [1.29, 1.82) is 0 Å². The standard InChI is InChI=1S/C16H20BrClN2O/c1-4-13-16(17)14(20(5-2)19-13)9-15(21)11-7-6-8-12(18)10(11)3/h6-8,15,21H,4-5,9H2,1-3H3. The summed E-state index contributed by atoms with van der Waals surface area (Å²) in [5.41, 5.74) is 3.86. The number of nitrogens with zero attached hydrogens (tertiary/aromatic N) is 2. The summed E-state index contributed by atoms with van der Waals surface area (Å²) < 4.78 is 2.96. The normalized spacial score (nSPS) is 12.7. The van der Waals surface area contributed by atoms with Gasteiger partial charge in [0.15, 0.2) is 0 Å². The number of hydrogen-bond acceptors (Lipinski definition) is 2. The van der Waals surface area contributed by atoms with Crippen LogP contribution in [0.2, 0.25) is 5.02 Å². The van der Waals surface area contributed by atoms with Gasteiger partial charge in [0.1, 0.15) is 0 Å². The van der Waals surface area contributed by atoms with Crippen molar-refractivity contribution in [3.8, 4) is 0 Å². The van der Waals surface area contributed by atoms with Crippen LogP contribution < -0.4 is 0 Å². The Kier molecular flexibility index (Phi) is 5.47. The van der Waals surface area contributed by atoms with Gasteiger partial charge in [-0.1, -0.05) is 30.7 Å². The van der Waals surface area contributed by atoms with Crippen molar-refractivity contribution >= 4 is 27.5 Å². The van der Waals surface area contributed by atoms with E-state index in [4.69, 9.17) is 11.6 Å². The maximum Gasteiger partial charge on any atom is 0.0848 e. The lowest BCUT2D eigenvalue weighted by Gasteiger charge is -2.15. The van der Waals surface area contributed by atoms with Crippen LogP contribution in [0.25, 0.3) is 0 Å². The van der Waals surface area contributed by atoms with E-state index in [-0.39, 0.29) is 0 Å². The molecule has 0 bridgehead atoms. The highest BCUT2D eigenvalue weighted by atomic mass is 79.9. The van der Waals surface area contributed by atoms with Gasteiger partial charge in [-0.3, -0.25) is 4.68 Å². The highest BCUT2D eigenvalue weighted by Gasteiger charge is 2.19. The number of halogens is 2. The second-order valence-electron chi connectivity index (χ2n) is 5.05. The monoisotopic (exact) mass is 370 g/mol. The minimum absolute atomic E-state index is 0.516. The summed E-state index contributed by atoms with van der Waals surface area (Å²) in [5.74, 6) is 0. The van der Waals surface area contributed by atoms with Crippen molar-refractivity contribution in [3.63, 3.8) is 0 Å². The molecule has 21 heavy (non-hydrogen) atoms. The van der Waals surface area contributed by atoms with Gasteiger partial charge < -0.3 is 5.11 Å². The van der Waals surface area contributed by atoms with E-state index in [1.165, 1.54) is 0 Å². The Morgan fingerprint density at radius 2 is 2.10 bits per heavy atom. The van der Waals surface area contributed by atoms with Crippen molar-refractivity contribution in [1.82, 2.24) is 9.78 Å². The molecule has 2 rings (SSSR count). The van der Waals surface area contributed by atoms with Crippen molar-refractivity contribution in [2.45, 2.75) is 46.3 Å². The Morgan fingerprint density at radius 1 is 1.38 bits per heavy atom. The fourth-order valence-electron chi connectivity index (χ4n) is 2.49. The Morgan fingerprint density at radius 3 is 2.71 bits per heavy atom. The lowest BCUT2D eigenvalue weighted by molar-refractivity contribution is 0.174. The number of hydrogen-bond donors (Lipinski definition) is 1. The summed E-state index contributed by atoms with van der Waals surface area (Å²) in [7, 11) is 0. The van der Waals surface area contributed by atoms with Crippen LogP contribution in [-0.4, -0.2) is 14.9 Å². The molecule has 2 aromatic rings. The number of rotatable bonds is 5. The van der Waals surface area contributed by atoms with Crippen molar-refractivity contribution in [2.24, 2.45) is 0 Å². The first-order chi connectivity index (χ1) is 9.99. The Balaban J connectivity index is 2.33. The highest BCUT2D eigenvalue weighted by molar-refractivity contribution is 9.10. The summed E-state index contributed by atoms with van der Waals surface area (Å²) in [5, 5.41) is 15.8. The van der Waals surface area contributed by atoms with Gasteiger partial charge in [0, 0.05) is 18.0 Å². The molecule has 0 aliphatic rings. The molecule has 1 aromatic carbocycles. The molecule has 0 saturated heterocycles. The van der Waals surface area contributed by atoms with Crippen molar-refractivity contribution < 1.29 is 5.11 Å². The zero-order chi connectivity index (χ0) is 15.6.